The minimum Gasteiger partial charge on any atom is -0.497 e. The lowest BCUT2D eigenvalue weighted by Gasteiger charge is -2.36. The van der Waals surface area contributed by atoms with Crippen molar-refractivity contribution in [3.63, 3.8) is 0 Å². The standard InChI is InChI=1S/C19H27N3O4/c1-26-17-7-4-6-16(12-17)22-13-14(11-18(22)24)20-19(25)21-9-3-2-5-15(21)8-10-23/h4,6-7,12,14-15,23H,2-3,5,8-11,13H2,1H3,(H,20,25)/t14-,15+/m0/s1. The Balaban J connectivity index is 1.62. The number of hydrogen-bond acceptors (Lipinski definition) is 4. The van der Waals surface area contributed by atoms with Crippen molar-refractivity contribution in [2.45, 2.75) is 44.2 Å². The van der Waals surface area contributed by atoms with Gasteiger partial charge < -0.3 is 25.0 Å². The van der Waals surface area contributed by atoms with Gasteiger partial charge in [-0.1, -0.05) is 6.07 Å². The maximum atomic E-state index is 12.7. The van der Waals surface area contributed by atoms with Gasteiger partial charge in [-0.2, -0.15) is 0 Å². The third kappa shape index (κ3) is 4.09. The van der Waals surface area contributed by atoms with Gasteiger partial charge in [0.05, 0.1) is 13.2 Å². The van der Waals surface area contributed by atoms with E-state index in [1.807, 2.05) is 29.2 Å². The molecule has 0 saturated carbocycles. The summed E-state index contributed by atoms with van der Waals surface area (Å²) in [4.78, 5) is 28.6. The molecule has 0 unspecified atom stereocenters. The van der Waals surface area contributed by atoms with Gasteiger partial charge in [-0.3, -0.25) is 4.79 Å². The Bertz CT molecular complexity index is 649. The molecule has 2 N–H and O–H groups in total. The second kappa shape index (κ2) is 8.40. The van der Waals surface area contributed by atoms with Crippen LogP contribution in [-0.2, 0) is 4.79 Å². The number of aliphatic hydroxyl groups is 1. The van der Waals surface area contributed by atoms with Crippen LogP contribution in [0.15, 0.2) is 24.3 Å². The van der Waals surface area contributed by atoms with Crippen LogP contribution in [0.3, 0.4) is 0 Å². The average Bonchev–Trinajstić information content (AvgIpc) is 3.02. The number of piperidine rings is 1. The predicted octanol–water partition coefficient (Wildman–Crippen LogP) is 1.75. The predicted molar refractivity (Wildman–Crippen MR) is 98.3 cm³/mol. The van der Waals surface area contributed by atoms with Crippen molar-refractivity contribution in [3.8, 4) is 5.75 Å². The molecule has 2 fully saturated rings. The Morgan fingerprint density at radius 1 is 1.38 bits per heavy atom. The summed E-state index contributed by atoms with van der Waals surface area (Å²) in [6.45, 7) is 1.24. The summed E-state index contributed by atoms with van der Waals surface area (Å²) < 4.78 is 5.22. The van der Waals surface area contributed by atoms with Gasteiger partial charge in [-0.25, -0.2) is 4.79 Å². The normalized spacial score (nSPS) is 23.2. The molecule has 0 spiro atoms. The van der Waals surface area contributed by atoms with E-state index in [4.69, 9.17) is 4.74 Å². The van der Waals surface area contributed by atoms with Crippen LogP contribution < -0.4 is 15.0 Å². The van der Waals surface area contributed by atoms with E-state index in [0.29, 0.717) is 31.7 Å². The largest absolute Gasteiger partial charge is 0.497 e. The zero-order valence-corrected chi connectivity index (χ0v) is 15.2. The number of anilines is 1. The average molecular weight is 361 g/mol. The molecule has 3 rings (SSSR count). The molecule has 0 radical (unpaired) electrons. The van der Waals surface area contributed by atoms with Crippen LogP contribution in [-0.4, -0.2) is 60.8 Å². The Morgan fingerprint density at radius 2 is 2.23 bits per heavy atom. The van der Waals surface area contributed by atoms with Crippen molar-refractivity contribution in [1.82, 2.24) is 10.2 Å². The molecule has 7 heteroatoms. The molecule has 1 aromatic carbocycles. The van der Waals surface area contributed by atoms with Crippen LogP contribution in [0, 0.1) is 0 Å². The summed E-state index contributed by atoms with van der Waals surface area (Å²) in [6.07, 6.45) is 3.89. The number of urea groups is 1. The Kier molecular flexibility index (Phi) is 5.98. The first-order valence-corrected chi connectivity index (χ1v) is 9.24. The van der Waals surface area contributed by atoms with Gasteiger partial charge >= 0.3 is 6.03 Å². The number of hydrogen-bond donors (Lipinski definition) is 2. The lowest BCUT2D eigenvalue weighted by Crippen LogP contribution is -2.52. The Morgan fingerprint density at radius 3 is 3.00 bits per heavy atom. The third-order valence-corrected chi connectivity index (χ3v) is 5.17. The zero-order chi connectivity index (χ0) is 18.5. The SMILES string of the molecule is COc1cccc(N2C[C@@H](NC(=O)N3CCCC[C@@H]3CCO)CC2=O)c1. The lowest BCUT2D eigenvalue weighted by atomic mass is 10.00. The van der Waals surface area contributed by atoms with Crippen LogP contribution in [0.25, 0.3) is 0 Å². The summed E-state index contributed by atoms with van der Waals surface area (Å²) in [7, 11) is 1.59. The molecule has 7 nitrogen and oxygen atoms in total. The summed E-state index contributed by atoms with van der Waals surface area (Å²) in [5.41, 5.74) is 0.780. The molecule has 2 heterocycles. The van der Waals surface area contributed by atoms with E-state index < -0.39 is 0 Å². The second-order valence-electron chi connectivity index (χ2n) is 6.91. The van der Waals surface area contributed by atoms with E-state index in [1.54, 1.807) is 12.0 Å². The first kappa shape index (κ1) is 18.5. The van der Waals surface area contributed by atoms with Crippen molar-refractivity contribution in [1.29, 1.82) is 0 Å². The van der Waals surface area contributed by atoms with E-state index in [2.05, 4.69) is 5.32 Å². The van der Waals surface area contributed by atoms with Gasteiger partial charge in [-0.05, 0) is 37.8 Å². The van der Waals surface area contributed by atoms with Crippen molar-refractivity contribution in [2.75, 3.05) is 31.7 Å². The Hall–Kier alpha value is -2.28. The van der Waals surface area contributed by atoms with E-state index in [-0.39, 0.29) is 30.6 Å². The number of rotatable bonds is 5. The molecule has 0 aliphatic carbocycles. The van der Waals surface area contributed by atoms with Crippen molar-refractivity contribution >= 4 is 17.6 Å². The topological polar surface area (TPSA) is 82.1 Å². The molecule has 0 aromatic heterocycles. The van der Waals surface area contributed by atoms with Crippen LogP contribution in [0.5, 0.6) is 5.75 Å². The number of methoxy groups -OCH3 is 1. The van der Waals surface area contributed by atoms with Gasteiger partial charge in [-0.15, -0.1) is 0 Å². The third-order valence-electron chi connectivity index (χ3n) is 5.17. The minimum atomic E-state index is -0.210. The number of nitrogens with zero attached hydrogens (tertiary/aromatic N) is 2. The molecule has 1 aromatic rings. The zero-order valence-electron chi connectivity index (χ0n) is 15.2. The summed E-state index contributed by atoms with van der Waals surface area (Å²) in [6, 6.07) is 7.12. The molecule has 2 atom stereocenters. The number of carbonyl (C=O) groups excluding carboxylic acids is 2. The van der Waals surface area contributed by atoms with E-state index in [0.717, 1.165) is 24.9 Å². The molecular weight excluding hydrogens is 334 g/mol. The highest BCUT2D eigenvalue weighted by molar-refractivity contribution is 5.97. The van der Waals surface area contributed by atoms with E-state index >= 15 is 0 Å². The molecule has 2 saturated heterocycles. The van der Waals surface area contributed by atoms with Gasteiger partial charge in [0.15, 0.2) is 0 Å². The summed E-state index contributed by atoms with van der Waals surface area (Å²) in [5.74, 6) is 0.692. The second-order valence-corrected chi connectivity index (χ2v) is 6.91. The van der Waals surface area contributed by atoms with Crippen molar-refractivity contribution < 1.29 is 19.4 Å². The van der Waals surface area contributed by atoms with Crippen LogP contribution >= 0.6 is 0 Å². The van der Waals surface area contributed by atoms with Gasteiger partial charge in [0.1, 0.15) is 5.75 Å². The molecule has 0 bridgehead atoms. The van der Waals surface area contributed by atoms with Crippen LogP contribution in [0.2, 0.25) is 0 Å². The number of likely N-dealkylation sites (tertiary alicyclic amines) is 1. The number of aliphatic hydroxyl groups excluding tert-OH is 1. The lowest BCUT2D eigenvalue weighted by molar-refractivity contribution is -0.117. The van der Waals surface area contributed by atoms with Gasteiger partial charge in [0.2, 0.25) is 5.91 Å². The number of carbonyl (C=O) groups is 2. The molecule has 2 aliphatic heterocycles. The minimum absolute atomic E-state index is 0.00546. The number of benzene rings is 1. The smallest absolute Gasteiger partial charge is 0.317 e. The fourth-order valence-electron chi connectivity index (χ4n) is 3.81. The number of amides is 3. The quantitative estimate of drug-likeness (QED) is 0.837. The highest BCUT2D eigenvalue weighted by Crippen LogP contribution is 2.26. The molecule has 3 amide bonds. The first-order chi connectivity index (χ1) is 12.6. The van der Waals surface area contributed by atoms with Crippen LogP contribution in [0.4, 0.5) is 10.5 Å². The monoisotopic (exact) mass is 361 g/mol. The van der Waals surface area contributed by atoms with Crippen molar-refractivity contribution in [2.24, 2.45) is 0 Å². The maximum absolute atomic E-state index is 12.7. The molecular formula is C19H27N3O4. The molecule has 2 aliphatic rings. The van der Waals surface area contributed by atoms with Gasteiger partial charge in [0.25, 0.3) is 0 Å². The van der Waals surface area contributed by atoms with Crippen LogP contribution in [0.1, 0.15) is 32.1 Å². The first-order valence-electron chi connectivity index (χ1n) is 9.24. The highest BCUT2D eigenvalue weighted by Gasteiger charge is 2.34. The molecule has 26 heavy (non-hydrogen) atoms. The van der Waals surface area contributed by atoms with Gasteiger partial charge in [0, 0.05) is 43.9 Å². The van der Waals surface area contributed by atoms with Crippen molar-refractivity contribution in [3.05, 3.63) is 24.3 Å². The number of ether oxygens (including phenoxy) is 1. The summed E-state index contributed by atoms with van der Waals surface area (Å²) >= 11 is 0. The maximum Gasteiger partial charge on any atom is 0.317 e. The fraction of sp³-hybridized carbons (Fsp3) is 0.579. The highest BCUT2D eigenvalue weighted by atomic mass is 16.5. The molecule has 142 valence electrons. The summed E-state index contributed by atoms with van der Waals surface area (Å²) in [5, 5.41) is 12.2. The fourth-order valence-corrected chi connectivity index (χ4v) is 3.81. The Labute approximate surface area is 153 Å². The number of nitrogens with one attached hydrogen (secondary N) is 1. The van der Waals surface area contributed by atoms with E-state index in [1.165, 1.54) is 0 Å². The van der Waals surface area contributed by atoms with E-state index in [9.17, 15) is 14.7 Å².